The van der Waals surface area contributed by atoms with E-state index in [1.165, 1.54) is 12.3 Å². The molecule has 0 radical (unpaired) electrons. The highest BCUT2D eigenvalue weighted by atomic mass is 19.4. The van der Waals surface area contributed by atoms with Gasteiger partial charge in [0, 0.05) is 25.4 Å². The number of alkyl halides is 3. The number of hydrogen-bond donors (Lipinski definition) is 2. The molecule has 124 valence electrons. The number of aromatic nitrogens is 1. The van der Waals surface area contributed by atoms with Crippen LogP contribution in [-0.2, 0) is 6.54 Å². The molecule has 5 nitrogen and oxygen atoms in total. The normalized spacial score (nSPS) is 11.1. The maximum atomic E-state index is 12.1. The van der Waals surface area contributed by atoms with Crippen molar-refractivity contribution in [1.82, 2.24) is 15.6 Å². The molecule has 2 N–H and O–H groups in total. The van der Waals surface area contributed by atoms with Crippen LogP contribution in [0.5, 0.6) is 5.88 Å². The Hall–Kier alpha value is -1.99. The summed E-state index contributed by atoms with van der Waals surface area (Å²) in [6.45, 7) is 1.46. The first-order chi connectivity index (χ1) is 10.4. The van der Waals surface area contributed by atoms with Crippen molar-refractivity contribution < 1.29 is 22.7 Å². The molecule has 0 unspecified atom stereocenters. The van der Waals surface area contributed by atoms with E-state index in [2.05, 4.69) is 27.3 Å². The van der Waals surface area contributed by atoms with Gasteiger partial charge in [0.1, 0.15) is 0 Å². The number of ether oxygens (including phenoxy) is 1. The van der Waals surface area contributed by atoms with Crippen molar-refractivity contribution in [2.24, 2.45) is 0 Å². The molecule has 0 fully saturated rings. The lowest BCUT2D eigenvalue weighted by atomic mass is 10.2. The van der Waals surface area contributed by atoms with Gasteiger partial charge < -0.3 is 15.4 Å². The van der Waals surface area contributed by atoms with Gasteiger partial charge in [0.2, 0.25) is 5.88 Å². The van der Waals surface area contributed by atoms with Gasteiger partial charge in [-0.2, -0.15) is 13.2 Å². The SMILES string of the molecule is CCCCCNC(=O)NCc1ccnc(OCC(F)(F)F)c1. The summed E-state index contributed by atoms with van der Waals surface area (Å²) in [5.74, 6) is -0.125. The summed E-state index contributed by atoms with van der Waals surface area (Å²) in [6, 6.07) is 2.65. The Morgan fingerprint density at radius 1 is 1.32 bits per heavy atom. The largest absolute Gasteiger partial charge is 0.468 e. The van der Waals surface area contributed by atoms with Crippen molar-refractivity contribution in [3.63, 3.8) is 0 Å². The average molecular weight is 319 g/mol. The number of carbonyl (C=O) groups excluding carboxylic acids is 1. The highest BCUT2D eigenvalue weighted by Gasteiger charge is 2.28. The summed E-state index contributed by atoms with van der Waals surface area (Å²) in [6.07, 6.45) is -0.0453. The summed E-state index contributed by atoms with van der Waals surface area (Å²) >= 11 is 0. The first kappa shape index (κ1) is 18.1. The number of unbranched alkanes of at least 4 members (excludes halogenated alkanes) is 2. The predicted molar refractivity (Wildman–Crippen MR) is 75.6 cm³/mol. The summed E-state index contributed by atoms with van der Waals surface area (Å²) in [7, 11) is 0. The smallest absolute Gasteiger partial charge is 0.422 e. The van der Waals surface area contributed by atoms with Crippen LogP contribution in [0.4, 0.5) is 18.0 Å². The first-order valence-electron chi connectivity index (χ1n) is 7.07. The number of hydrogen-bond acceptors (Lipinski definition) is 3. The lowest BCUT2D eigenvalue weighted by Crippen LogP contribution is -2.35. The van der Waals surface area contributed by atoms with Crippen LogP contribution in [0.3, 0.4) is 0 Å². The van der Waals surface area contributed by atoms with E-state index in [1.54, 1.807) is 6.07 Å². The zero-order valence-electron chi connectivity index (χ0n) is 12.4. The van der Waals surface area contributed by atoms with Gasteiger partial charge in [-0.05, 0) is 18.1 Å². The molecule has 0 aliphatic heterocycles. The standard InChI is InChI=1S/C14H20F3N3O2/c1-2-3-4-6-19-13(21)20-9-11-5-7-18-12(8-11)22-10-14(15,16)17/h5,7-8H,2-4,6,9-10H2,1H3,(H2,19,20,21). The van der Waals surface area contributed by atoms with Crippen LogP contribution in [0, 0.1) is 0 Å². The molecule has 1 aromatic heterocycles. The first-order valence-corrected chi connectivity index (χ1v) is 7.07. The maximum absolute atomic E-state index is 12.1. The van der Waals surface area contributed by atoms with Crippen molar-refractivity contribution in [3.05, 3.63) is 23.9 Å². The third kappa shape index (κ3) is 8.33. The third-order valence-corrected chi connectivity index (χ3v) is 2.70. The fourth-order valence-corrected chi connectivity index (χ4v) is 1.62. The Bertz CT molecular complexity index is 467. The van der Waals surface area contributed by atoms with Gasteiger partial charge in [0.05, 0.1) is 0 Å². The number of nitrogens with zero attached hydrogens (tertiary/aromatic N) is 1. The molecule has 1 heterocycles. The van der Waals surface area contributed by atoms with Crippen LogP contribution >= 0.6 is 0 Å². The lowest BCUT2D eigenvalue weighted by Gasteiger charge is -2.10. The van der Waals surface area contributed by atoms with Gasteiger partial charge in [-0.25, -0.2) is 9.78 Å². The molecule has 0 bridgehead atoms. The monoisotopic (exact) mass is 319 g/mol. The quantitative estimate of drug-likeness (QED) is 0.724. The molecule has 0 atom stereocenters. The average Bonchev–Trinajstić information content (AvgIpc) is 2.47. The van der Waals surface area contributed by atoms with E-state index in [0.29, 0.717) is 12.1 Å². The molecule has 2 amide bonds. The fraction of sp³-hybridized carbons (Fsp3) is 0.571. The van der Waals surface area contributed by atoms with Crippen molar-refractivity contribution in [3.8, 4) is 5.88 Å². The zero-order chi connectivity index (χ0) is 16.4. The Morgan fingerprint density at radius 2 is 2.09 bits per heavy atom. The Labute approximate surface area is 127 Å². The summed E-state index contributed by atoms with van der Waals surface area (Å²) < 4.78 is 40.7. The van der Waals surface area contributed by atoms with Crippen molar-refractivity contribution >= 4 is 6.03 Å². The van der Waals surface area contributed by atoms with Gasteiger partial charge in [0.25, 0.3) is 0 Å². The fourth-order valence-electron chi connectivity index (χ4n) is 1.62. The van der Waals surface area contributed by atoms with Gasteiger partial charge in [0.15, 0.2) is 6.61 Å². The topological polar surface area (TPSA) is 63.2 Å². The third-order valence-electron chi connectivity index (χ3n) is 2.70. The minimum absolute atomic E-state index is 0.125. The van der Waals surface area contributed by atoms with E-state index in [-0.39, 0.29) is 18.5 Å². The highest BCUT2D eigenvalue weighted by molar-refractivity contribution is 5.73. The minimum Gasteiger partial charge on any atom is -0.468 e. The molecule has 8 heteroatoms. The number of nitrogens with one attached hydrogen (secondary N) is 2. The summed E-state index contributed by atoms with van der Waals surface area (Å²) in [5, 5.41) is 5.32. The van der Waals surface area contributed by atoms with Gasteiger partial charge in [-0.15, -0.1) is 0 Å². The number of amides is 2. The number of carbonyl (C=O) groups is 1. The van der Waals surface area contributed by atoms with E-state index < -0.39 is 12.8 Å². The molecule has 0 aliphatic carbocycles. The molecule has 1 aromatic rings. The van der Waals surface area contributed by atoms with E-state index in [0.717, 1.165) is 19.3 Å². The molecule has 0 aliphatic rings. The van der Waals surface area contributed by atoms with E-state index in [4.69, 9.17) is 0 Å². The molecular formula is C14H20F3N3O2. The summed E-state index contributed by atoms with van der Waals surface area (Å²) in [5.41, 5.74) is 0.607. The Morgan fingerprint density at radius 3 is 2.77 bits per heavy atom. The van der Waals surface area contributed by atoms with Crippen LogP contribution in [0.15, 0.2) is 18.3 Å². The van der Waals surface area contributed by atoms with Crippen LogP contribution in [-0.4, -0.2) is 30.3 Å². The number of pyridine rings is 1. The van der Waals surface area contributed by atoms with Crippen molar-refractivity contribution in [1.29, 1.82) is 0 Å². The summed E-state index contributed by atoms with van der Waals surface area (Å²) in [4.78, 5) is 15.2. The van der Waals surface area contributed by atoms with E-state index >= 15 is 0 Å². The minimum atomic E-state index is -4.41. The molecule has 0 saturated carbocycles. The number of halogens is 3. The second-order valence-electron chi connectivity index (χ2n) is 4.72. The molecule has 0 aromatic carbocycles. The Balaban J connectivity index is 2.35. The van der Waals surface area contributed by atoms with Crippen LogP contribution in [0.1, 0.15) is 31.7 Å². The van der Waals surface area contributed by atoms with Gasteiger partial charge in [-0.1, -0.05) is 19.8 Å². The van der Waals surface area contributed by atoms with E-state index in [9.17, 15) is 18.0 Å². The highest BCUT2D eigenvalue weighted by Crippen LogP contribution is 2.17. The predicted octanol–water partition coefficient (Wildman–Crippen LogP) is 3.01. The second-order valence-corrected chi connectivity index (χ2v) is 4.72. The second kappa shape index (κ2) is 9.11. The van der Waals surface area contributed by atoms with Crippen molar-refractivity contribution in [2.75, 3.05) is 13.2 Å². The van der Waals surface area contributed by atoms with Crippen LogP contribution < -0.4 is 15.4 Å². The molecule has 0 spiro atoms. The zero-order valence-corrected chi connectivity index (χ0v) is 12.4. The maximum Gasteiger partial charge on any atom is 0.422 e. The van der Waals surface area contributed by atoms with E-state index in [1.807, 2.05) is 0 Å². The number of rotatable bonds is 8. The lowest BCUT2D eigenvalue weighted by molar-refractivity contribution is -0.154. The van der Waals surface area contributed by atoms with Gasteiger partial charge in [-0.3, -0.25) is 0 Å². The van der Waals surface area contributed by atoms with Crippen LogP contribution in [0.25, 0.3) is 0 Å². The molecule has 1 rings (SSSR count). The molecule has 22 heavy (non-hydrogen) atoms. The number of urea groups is 1. The Kier molecular flexibility index (Phi) is 7.48. The molecular weight excluding hydrogens is 299 g/mol. The van der Waals surface area contributed by atoms with Crippen LogP contribution in [0.2, 0.25) is 0 Å². The van der Waals surface area contributed by atoms with Gasteiger partial charge >= 0.3 is 12.2 Å². The van der Waals surface area contributed by atoms with Crippen molar-refractivity contribution in [2.45, 2.75) is 38.9 Å². The molecule has 0 saturated heterocycles.